The molecule has 2 aromatic heterocycles. The van der Waals surface area contributed by atoms with Gasteiger partial charge >= 0.3 is 12.1 Å². The number of likely N-dealkylation sites (tertiary alicyclic amines) is 1. The Morgan fingerprint density at radius 3 is 2.57 bits per heavy atom. The average molecular weight is 681 g/mol. The van der Waals surface area contributed by atoms with E-state index in [0.717, 1.165) is 47.9 Å². The summed E-state index contributed by atoms with van der Waals surface area (Å²) in [4.78, 5) is 44.1. The summed E-state index contributed by atoms with van der Waals surface area (Å²) in [5, 5.41) is 11.4. The van der Waals surface area contributed by atoms with Crippen molar-refractivity contribution in [3.8, 4) is 17.3 Å². The maximum absolute atomic E-state index is 13.8. The molecule has 1 aliphatic carbocycles. The molecule has 14 heteroatoms. The van der Waals surface area contributed by atoms with E-state index in [-0.39, 0.29) is 17.9 Å². The summed E-state index contributed by atoms with van der Waals surface area (Å²) in [6.07, 6.45) is 2.59. The summed E-state index contributed by atoms with van der Waals surface area (Å²) in [6.45, 7) is 4.10. The Labute approximate surface area is 280 Å². The fourth-order valence-corrected chi connectivity index (χ4v) is 6.36. The van der Waals surface area contributed by atoms with Gasteiger partial charge in [-0.05, 0) is 70.0 Å². The van der Waals surface area contributed by atoms with Crippen LogP contribution >= 0.6 is 0 Å². The fourth-order valence-electron chi connectivity index (χ4n) is 6.36. The first-order valence-corrected chi connectivity index (χ1v) is 16.4. The second-order valence-electron chi connectivity index (χ2n) is 13.0. The van der Waals surface area contributed by atoms with Crippen LogP contribution in [0.3, 0.4) is 0 Å². The van der Waals surface area contributed by atoms with Gasteiger partial charge in [-0.1, -0.05) is 24.3 Å². The number of halogens is 3. The van der Waals surface area contributed by atoms with Crippen LogP contribution in [0.5, 0.6) is 5.75 Å². The number of carboxylic acid groups (broad SMARTS) is 1. The van der Waals surface area contributed by atoms with E-state index in [1.165, 1.54) is 23.7 Å². The molecule has 1 atom stereocenters. The van der Waals surface area contributed by atoms with Crippen molar-refractivity contribution in [3.63, 3.8) is 0 Å². The number of hydrogen-bond acceptors (Lipinski definition) is 6. The molecule has 11 nitrogen and oxygen atoms in total. The highest BCUT2D eigenvalue weighted by molar-refractivity contribution is 6.00. The van der Waals surface area contributed by atoms with E-state index < -0.39 is 12.1 Å². The van der Waals surface area contributed by atoms with Crippen LogP contribution in [0.15, 0.2) is 54.6 Å². The smallest absolute Gasteiger partial charge is 0.489 e. The number of piperidine rings is 1. The number of fused-ring (bicyclic) bond motifs is 1. The maximum Gasteiger partial charge on any atom is 0.490 e. The zero-order valence-electron chi connectivity index (χ0n) is 27.4. The van der Waals surface area contributed by atoms with Crippen LogP contribution in [0.25, 0.3) is 33.5 Å². The van der Waals surface area contributed by atoms with Gasteiger partial charge in [0.1, 0.15) is 17.9 Å². The number of imidazole rings is 1. The summed E-state index contributed by atoms with van der Waals surface area (Å²) in [5.74, 6) is -0.568. The predicted octanol–water partition coefficient (Wildman–Crippen LogP) is 4.93. The van der Waals surface area contributed by atoms with E-state index >= 15 is 0 Å². The van der Waals surface area contributed by atoms with Gasteiger partial charge in [0.25, 0.3) is 5.91 Å². The second-order valence-corrected chi connectivity index (χ2v) is 13.0. The first-order valence-electron chi connectivity index (χ1n) is 16.4. The molecule has 0 unspecified atom stereocenters. The monoisotopic (exact) mass is 680 g/mol. The largest absolute Gasteiger partial charge is 0.490 e. The Bertz CT molecular complexity index is 1910. The van der Waals surface area contributed by atoms with Crippen LogP contribution in [0.2, 0.25) is 0 Å². The lowest BCUT2D eigenvalue weighted by atomic mass is 10.0. The first-order chi connectivity index (χ1) is 23.4. The van der Waals surface area contributed by atoms with Gasteiger partial charge < -0.3 is 34.1 Å². The fraction of sp³-hybridized carbons (Fsp3) is 0.429. The molecule has 2 fully saturated rings. The number of carbonyl (C=O) groups excluding carboxylic acids is 2. The lowest BCUT2D eigenvalue weighted by Crippen LogP contribution is -2.49. The number of nitrogens with zero attached hydrogens (tertiary/aromatic N) is 5. The second kappa shape index (κ2) is 13.9. The van der Waals surface area contributed by atoms with Gasteiger partial charge in [0.05, 0.1) is 17.8 Å². The molecule has 1 saturated heterocycles. The van der Waals surface area contributed by atoms with Gasteiger partial charge in [-0.2, -0.15) is 13.2 Å². The molecule has 1 saturated carbocycles. The molecule has 3 aliphatic rings. The minimum atomic E-state index is -5.08. The standard InChI is InChI=1S/C33H38N6O3.C2HF3O2/c1-36(2)13-6-10-30(40)34-25-8-5-14-37(21-25)33(41)24-17-26-31-29(19-24)42-16-15-38(31)32(35-26)28-18-23-7-3-4-9-27(23)39(28)20-22-11-12-22;3-2(4,5)1(6)7/h3-4,6-7,9-10,17-19,22,25H,5,8,11-16,20-21H2,1-2H3,(H,34,40);(H,6,7)/b10-6+;/t25-;/m1./s1. The number of nitrogens with one attached hydrogen (secondary N) is 1. The molecule has 0 bridgehead atoms. The summed E-state index contributed by atoms with van der Waals surface area (Å²) < 4.78 is 42.5. The normalized spacial score (nSPS) is 17.7. The molecule has 260 valence electrons. The molecular formula is C35H39F3N6O5. The van der Waals surface area contributed by atoms with Crippen LogP contribution < -0.4 is 10.1 Å². The van der Waals surface area contributed by atoms with E-state index in [0.29, 0.717) is 44.1 Å². The van der Waals surface area contributed by atoms with Gasteiger partial charge in [-0.3, -0.25) is 9.59 Å². The van der Waals surface area contributed by atoms with Gasteiger partial charge in [0, 0.05) is 54.8 Å². The number of benzene rings is 2. The van der Waals surface area contributed by atoms with Crippen molar-refractivity contribution in [1.29, 1.82) is 0 Å². The third kappa shape index (κ3) is 7.74. The number of likely N-dealkylation sites (N-methyl/N-ethyl adjacent to an activating group) is 1. The maximum atomic E-state index is 13.8. The molecule has 7 rings (SSSR count). The minimum absolute atomic E-state index is 0.0524. The SMILES string of the molecule is CN(C)C/C=C/C(=O)N[C@@H]1CCCN(C(=O)c2cc3c4c(c2)nc(-c2cc5ccccc5n2CC2CC2)n4CCO3)C1.O=C(O)C(F)(F)F. The number of aliphatic carboxylic acids is 1. The number of para-hydroxylation sites is 1. The number of rotatable bonds is 8. The summed E-state index contributed by atoms with van der Waals surface area (Å²) >= 11 is 0. The molecule has 0 spiro atoms. The lowest BCUT2D eigenvalue weighted by Gasteiger charge is -2.33. The van der Waals surface area contributed by atoms with Crippen molar-refractivity contribution in [2.45, 2.75) is 51.0 Å². The van der Waals surface area contributed by atoms with Crippen LogP contribution in [-0.2, 0) is 22.7 Å². The Morgan fingerprint density at radius 1 is 1.10 bits per heavy atom. The molecule has 49 heavy (non-hydrogen) atoms. The van der Waals surface area contributed by atoms with E-state index in [1.54, 1.807) is 6.08 Å². The van der Waals surface area contributed by atoms with Crippen molar-refractivity contribution in [2.75, 3.05) is 40.3 Å². The average Bonchev–Trinajstić information content (AvgIpc) is 3.71. The van der Waals surface area contributed by atoms with Crippen molar-refractivity contribution in [1.82, 2.24) is 29.2 Å². The number of amides is 2. The molecule has 2 N–H and O–H groups in total. The Morgan fingerprint density at radius 2 is 1.86 bits per heavy atom. The minimum Gasteiger partial charge on any atom is -0.489 e. The molecule has 2 aliphatic heterocycles. The number of carboxylic acids is 1. The Balaban J connectivity index is 0.000000540. The number of carbonyl (C=O) groups is 3. The van der Waals surface area contributed by atoms with Crippen molar-refractivity contribution in [2.24, 2.45) is 5.92 Å². The van der Waals surface area contributed by atoms with Crippen molar-refractivity contribution in [3.05, 3.63) is 60.2 Å². The van der Waals surface area contributed by atoms with Crippen LogP contribution in [0.1, 0.15) is 36.0 Å². The highest BCUT2D eigenvalue weighted by atomic mass is 19.4. The molecule has 2 amide bonds. The molecule has 4 heterocycles. The number of ether oxygens (including phenoxy) is 1. The predicted molar refractivity (Wildman–Crippen MR) is 177 cm³/mol. The topological polar surface area (TPSA) is 122 Å². The van der Waals surface area contributed by atoms with Crippen LogP contribution in [-0.4, -0.2) is 99.4 Å². The first kappa shape index (κ1) is 34.0. The third-order valence-electron chi connectivity index (χ3n) is 8.84. The van der Waals surface area contributed by atoms with E-state index in [4.69, 9.17) is 19.6 Å². The summed E-state index contributed by atoms with van der Waals surface area (Å²) in [7, 11) is 3.92. The highest BCUT2D eigenvalue weighted by Crippen LogP contribution is 2.39. The quantitative estimate of drug-likeness (QED) is 0.253. The van der Waals surface area contributed by atoms with Crippen molar-refractivity contribution < 1.29 is 37.4 Å². The van der Waals surface area contributed by atoms with Gasteiger partial charge in [-0.25, -0.2) is 9.78 Å². The van der Waals surface area contributed by atoms with Crippen LogP contribution in [0.4, 0.5) is 13.2 Å². The number of alkyl halides is 3. The van der Waals surface area contributed by atoms with E-state index in [2.05, 4.69) is 44.8 Å². The highest BCUT2D eigenvalue weighted by Gasteiger charge is 2.38. The van der Waals surface area contributed by atoms with Crippen molar-refractivity contribution >= 4 is 39.7 Å². The summed E-state index contributed by atoms with van der Waals surface area (Å²) in [6, 6.07) is 14.5. The zero-order chi connectivity index (χ0) is 34.9. The Kier molecular flexibility index (Phi) is 9.68. The number of aromatic nitrogens is 3. The van der Waals surface area contributed by atoms with E-state index in [9.17, 15) is 22.8 Å². The summed E-state index contributed by atoms with van der Waals surface area (Å²) in [5.41, 5.74) is 4.66. The van der Waals surface area contributed by atoms with Gasteiger partial charge in [-0.15, -0.1) is 0 Å². The molecular weight excluding hydrogens is 641 g/mol. The van der Waals surface area contributed by atoms with E-state index in [1.807, 2.05) is 42.1 Å². The third-order valence-corrected chi connectivity index (χ3v) is 8.84. The number of hydrogen-bond donors (Lipinski definition) is 2. The zero-order valence-corrected chi connectivity index (χ0v) is 27.4. The molecule has 0 radical (unpaired) electrons. The van der Waals surface area contributed by atoms with Gasteiger partial charge in [0.2, 0.25) is 5.91 Å². The van der Waals surface area contributed by atoms with Gasteiger partial charge in [0.15, 0.2) is 5.82 Å². The van der Waals surface area contributed by atoms with Crippen LogP contribution in [0, 0.1) is 5.92 Å². The Hall–Kier alpha value is -4.85. The molecule has 2 aromatic carbocycles. The lowest BCUT2D eigenvalue weighted by molar-refractivity contribution is -0.192. The molecule has 4 aromatic rings.